The predicted octanol–water partition coefficient (Wildman–Crippen LogP) is 4.00. The highest BCUT2D eigenvalue weighted by Gasteiger charge is 2.23. The zero-order chi connectivity index (χ0) is 13.9. The Morgan fingerprint density at radius 2 is 2.35 bits per heavy atom. The van der Waals surface area contributed by atoms with Crippen molar-refractivity contribution in [1.82, 2.24) is 10.3 Å². The van der Waals surface area contributed by atoms with Crippen LogP contribution in [0.25, 0.3) is 0 Å². The van der Waals surface area contributed by atoms with Crippen molar-refractivity contribution in [1.29, 1.82) is 0 Å². The first-order valence-corrected chi connectivity index (χ1v) is 7.79. The fraction of sp³-hybridized carbons (Fsp3) is 0.286. The van der Waals surface area contributed by atoms with E-state index in [2.05, 4.69) is 21.7 Å². The average Bonchev–Trinajstić information content (AvgIpc) is 2.85. The summed E-state index contributed by atoms with van der Waals surface area (Å²) >= 11 is 7.42. The topological polar surface area (TPSA) is 54.0 Å². The molecule has 0 radical (unpaired) electrons. The Balaban J connectivity index is 1.70. The number of halogens is 1. The number of thiophene rings is 1. The number of aryl methyl sites for hydroxylation is 1. The Hall–Kier alpha value is -1.59. The highest BCUT2D eigenvalue weighted by molar-refractivity contribution is 7.09. The van der Waals surface area contributed by atoms with E-state index in [0.29, 0.717) is 10.7 Å². The molecule has 0 bridgehead atoms. The van der Waals surface area contributed by atoms with Crippen LogP contribution < -0.4 is 10.6 Å². The number of nitrogens with one attached hydrogen (secondary N) is 2. The van der Waals surface area contributed by atoms with E-state index in [1.54, 1.807) is 11.6 Å². The molecule has 0 spiro atoms. The maximum absolute atomic E-state index is 12.0. The van der Waals surface area contributed by atoms with Crippen LogP contribution in [0.1, 0.15) is 30.1 Å². The van der Waals surface area contributed by atoms with Crippen LogP contribution in [0.2, 0.25) is 5.02 Å². The van der Waals surface area contributed by atoms with Crippen LogP contribution in [0.15, 0.2) is 29.1 Å². The number of hydrogen-bond donors (Lipinski definition) is 2. The number of amides is 2. The van der Waals surface area contributed by atoms with E-state index >= 15 is 0 Å². The Labute approximate surface area is 126 Å². The van der Waals surface area contributed by atoms with E-state index in [1.807, 2.05) is 11.4 Å². The van der Waals surface area contributed by atoms with Crippen LogP contribution in [-0.2, 0) is 6.42 Å². The molecule has 2 aromatic heterocycles. The van der Waals surface area contributed by atoms with E-state index in [0.717, 1.165) is 25.0 Å². The predicted molar refractivity (Wildman–Crippen MR) is 81.4 cm³/mol. The summed E-state index contributed by atoms with van der Waals surface area (Å²) in [6.07, 6.45) is 4.77. The van der Waals surface area contributed by atoms with Gasteiger partial charge in [0.2, 0.25) is 0 Å². The number of urea groups is 1. The molecule has 3 rings (SSSR count). The zero-order valence-corrected chi connectivity index (χ0v) is 12.3. The Bertz CT molecular complexity index is 628. The van der Waals surface area contributed by atoms with Gasteiger partial charge in [0.1, 0.15) is 0 Å². The van der Waals surface area contributed by atoms with Gasteiger partial charge in [-0.3, -0.25) is 4.98 Å². The van der Waals surface area contributed by atoms with E-state index in [-0.39, 0.29) is 12.1 Å². The lowest BCUT2D eigenvalue weighted by atomic mass is 9.92. The highest BCUT2D eigenvalue weighted by atomic mass is 35.5. The van der Waals surface area contributed by atoms with Crippen molar-refractivity contribution >= 4 is 34.7 Å². The Morgan fingerprint density at radius 3 is 3.15 bits per heavy atom. The Morgan fingerprint density at radius 1 is 1.45 bits per heavy atom. The lowest BCUT2D eigenvalue weighted by Crippen LogP contribution is -2.34. The largest absolute Gasteiger partial charge is 0.329 e. The first-order chi connectivity index (χ1) is 9.74. The third kappa shape index (κ3) is 2.78. The summed E-state index contributed by atoms with van der Waals surface area (Å²) in [5, 5.41) is 9.91. The molecule has 2 aromatic rings. The van der Waals surface area contributed by atoms with Crippen LogP contribution in [-0.4, -0.2) is 11.0 Å². The molecule has 2 heterocycles. The maximum Gasteiger partial charge on any atom is 0.319 e. The first-order valence-electron chi connectivity index (χ1n) is 6.47. The van der Waals surface area contributed by atoms with E-state index in [4.69, 9.17) is 11.6 Å². The second-order valence-corrected chi connectivity index (χ2v) is 5.88. The van der Waals surface area contributed by atoms with Gasteiger partial charge in [-0.05, 0) is 30.9 Å². The van der Waals surface area contributed by atoms with Crippen molar-refractivity contribution in [2.24, 2.45) is 0 Å². The zero-order valence-electron chi connectivity index (χ0n) is 10.7. The molecule has 0 saturated heterocycles. The van der Waals surface area contributed by atoms with Crippen LogP contribution >= 0.6 is 22.9 Å². The van der Waals surface area contributed by atoms with Gasteiger partial charge in [-0.15, -0.1) is 11.3 Å². The maximum atomic E-state index is 12.0. The van der Waals surface area contributed by atoms with Gasteiger partial charge in [0.25, 0.3) is 0 Å². The number of pyridine rings is 1. The third-order valence-corrected chi connectivity index (χ3v) is 4.55. The lowest BCUT2D eigenvalue weighted by Gasteiger charge is -2.25. The van der Waals surface area contributed by atoms with Gasteiger partial charge in [0.05, 0.1) is 22.4 Å². The minimum absolute atomic E-state index is 0.0302. The highest BCUT2D eigenvalue weighted by Crippen LogP contribution is 2.29. The summed E-state index contributed by atoms with van der Waals surface area (Å²) in [5.74, 6) is 0. The molecule has 0 saturated carbocycles. The van der Waals surface area contributed by atoms with Gasteiger partial charge >= 0.3 is 6.03 Å². The number of rotatable bonds is 2. The van der Waals surface area contributed by atoms with Crippen LogP contribution in [0, 0.1) is 0 Å². The van der Waals surface area contributed by atoms with Gasteiger partial charge in [-0.2, -0.15) is 0 Å². The van der Waals surface area contributed by atoms with Crippen LogP contribution in [0.3, 0.4) is 0 Å². The third-order valence-electron chi connectivity index (χ3n) is 3.36. The molecule has 0 aromatic carbocycles. The van der Waals surface area contributed by atoms with Gasteiger partial charge in [0.15, 0.2) is 0 Å². The molecule has 0 fully saturated rings. The monoisotopic (exact) mass is 307 g/mol. The van der Waals surface area contributed by atoms with E-state index in [9.17, 15) is 4.79 Å². The fourth-order valence-electron chi connectivity index (χ4n) is 2.44. The van der Waals surface area contributed by atoms with Gasteiger partial charge in [-0.25, -0.2) is 4.79 Å². The van der Waals surface area contributed by atoms with E-state index < -0.39 is 0 Å². The molecule has 1 atom stereocenters. The summed E-state index contributed by atoms with van der Waals surface area (Å²) in [4.78, 5) is 16.4. The number of hydrogen-bond acceptors (Lipinski definition) is 3. The number of carbonyl (C=O) groups excluding carboxylic acids is 1. The molecule has 1 aliphatic rings. The summed E-state index contributed by atoms with van der Waals surface area (Å²) < 4.78 is 0. The summed E-state index contributed by atoms with van der Waals surface area (Å²) in [7, 11) is 0. The summed E-state index contributed by atoms with van der Waals surface area (Å²) in [6.45, 7) is 0. The van der Waals surface area contributed by atoms with E-state index in [1.165, 1.54) is 16.9 Å². The van der Waals surface area contributed by atoms with Crippen LogP contribution in [0.4, 0.5) is 10.5 Å². The molecule has 2 N–H and O–H groups in total. The molecule has 4 nitrogen and oxygen atoms in total. The summed E-state index contributed by atoms with van der Waals surface area (Å²) in [6, 6.07) is 3.74. The number of carbonyl (C=O) groups is 1. The number of anilines is 1. The quantitative estimate of drug-likeness (QED) is 0.881. The first kappa shape index (κ1) is 13.4. The number of nitrogens with zero attached hydrogens (tertiary/aromatic N) is 1. The number of aromatic nitrogens is 1. The lowest BCUT2D eigenvalue weighted by molar-refractivity contribution is 0.246. The molecule has 1 aliphatic carbocycles. The molecular weight excluding hydrogens is 294 g/mol. The van der Waals surface area contributed by atoms with Crippen molar-refractivity contribution in [2.45, 2.75) is 25.3 Å². The normalized spacial score (nSPS) is 17.4. The second-order valence-electron chi connectivity index (χ2n) is 4.72. The Kier molecular flexibility index (Phi) is 3.89. The van der Waals surface area contributed by atoms with Crippen LogP contribution in [0.5, 0.6) is 0 Å². The SMILES string of the molecule is O=C(Nc1cscc1Cl)N[C@@H]1CCCc2cccnc21. The summed E-state index contributed by atoms with van der Waals surface area (Å²) in [5.41, 5.74) is 2.84. The van der Waals surface area contributed by atoms with Gasteiger partial charge in [-0.1, -0.05) is 17.7 Å². The van der Waals surface area contributed by atoms with Crippen molar-refractivity contribution < 1.29 is 4.79 Å². The molecule has 0 unspecified atom stereocenters. The molecule has 6 heteroatoms. The minimum Gasteiger partial charge on any atom is -0.329 e. The van der Waals surface area contributed by atoms with Crippen molar-refractivity contribution in [3.63, 3.8) is 0 Å². The fourth-order valence-corrected chi connectivity index (χ4v) is 3.39. The number of fused-ring (bicyclic) bond motifs is 1. The molecule has 104 valence electrons. The average molecular weight is 308 g/mol. The molecular formula is C14H14ClN3OS. The molecule has 2 amide bonds. The van der Waals surface area contributed by atoms with Crippen molar-refractivity contribution in [2.75, 3.05) is 5.32 Å². The smallest absolute Gasteiger partial charge is 0.319 e. The van der Waals surface area contributed by atoms with Crippen molar-refractivity contribution in [3.05, 3.63) is 45.4 Å². The second kappa shape index (κ2) is 5.81. The minimum atomic E-state index is -0.242. The molecule has 20 heavy (non-hydrogen) atoms. The standard InChI is InChI=1S/C14H14ClN3OS/c15-10-7-20-8-12(10)18-14(19)17-11-5-1-3-9-4-2-6-16-13(9)11/h2,4,6-8,11H,1,3,5H2,(H2,17,18,19)/t11-/m1/s1. The molecule has 0 aliphatic heterocycles. The van der Waals surface area contributed by atoms with Gasteiger partial charge in [0, 0.05) is 17.0 Å². The van der Waals surface area contributed by atoms with Gasteiger partial charge < -0.3 is 10.6 Å². The van der Waals surface area contributed by atoms with Crippen molar-refractivity contribution in [3.8, 4) is 0 Å².